The molecule has 0 radical (unpaired) electrons. The number of halogens is 2. The Morgan fingerprint density at radius 2 is 2.00 bits per heavy atom. The Morgan fingerprint density at radius 3 is 2.82 bits per heavy atom. The number of nitrogens with zero attached hydrogens (tertiary/aromatic N) is 3. The summed E-state index contributed by atoms with van der Waals surface area (Å²) in [6.07, 6.45) is 4.60. The Labute approximate surface area is 126 Å². The van der Waals surface area contributed by atoms with Crippen molar-refractivity contribution < 1.29 is 8.78 Å². The summed E-state index contributed by atoms with van der Waals surface area (Å²) in [5, 5.41) is 7.97. The molecule has 0 saturated heterocycles. The molecule has 0 spiro atoms. The SMILES string of the molecule is Fc1ccc2ccc(CNCCCn3cccn3)nc2c1F. The van der Waals surface area contributed by atoms with Gasteiger partial charge in [-0.1, -0.05) is 6.07 Å². The van der Waals surface area contributed by atoms with Crippen molar-refractivity contribution in [2.45, 2.75) is 19.5 Å². The first kappa shape index (κ1) is 14.6. The normalized spacial score (nSPS) is 11.2. The lowest BCUT2D eigenvalue weighted by Gasteiger charge is -2.06. The van der Waals surface area contributed by atoms with Gasteiger partial charge in [0.15, 0.2) is 11.6 Å². The van der Waals surface area contributed by atoms with Crippen LogP contribution >= 0.6 is 0 Å². The van der Waals surface area contributed by atoms with Gasteiger partial charge in [0, 0.05) is 30.9 Å². The summed E-state index contributed by atoms with van der Waals surface area (Å²) in [5.74, 6) is -1.76. The molecule has 1 N–H and O–H groups in total. The standard InChI is InChI=1S/C16H16F2N4/c17-14-6-4-12-3-5-13(21-16(12)15(14)18)11-19-7-1-9-22-10-2-8-20-22/h2-6,8,10,19H,1,7,9,11H2. The second-order valence-electron chi connectivity index (χ2n) is 5.04. The van der Waals surface area contributed by atoms with Crippen molar-refractivity contribution in [2.24, 2.45) is 0 Å². The van der Waals surface area contributed by atoms with Gasteiger partial charge in [-0.05, 0) is 37.2 Å². The van der Waals surface area contributed by atoms with Gasteiger partial charge in [-0.25, -0.2) is 13.8 Å². The minimum absolute atomic E-state index is 0.0795. The van der Waals surface area contributed by atoms with Crippen molar-refractivity contribution in [2.75, 3.05) is 6.54 Å². The Balaban J connectivity index is 1.56. The van der Waals surface area contributed by atoms with E-state index in [-0.39, 0.29) is 5.52 Å². The minimum atomic E-state index is -0.891. The van der Waals surface area contributed by atoms with Crippen molar-refractivity contribution in [1.82, 2.24) is 20.1 Å². The Morgan fingerprint density at radius 1 is 1.14 bits per heavy atom. The topological polar surface area (TPSA) is 42.7 Å². The number of rotatable bonds is 6. The number of hydrogen-bond acceptors (Lipinski definition) is 3. The van der Waals surface area contributed by atoms with Crippen LogP contribution in [0.4, 0.5) is 8.78 Å². The van der Waals surface area contributed by atoms with E-state index in [0.29, 0.717) is 17.6 Å². The summed E-state index contributed by atoms with van der Waals surface area (Å²) in [4.78, 5) is 4.19. The molecule has 0 amide bonds. The monoisotopic (exact) mass is 302 g/mol. The van der Waals surface area contributed by atoms with Crippen LogP contribution in [0.3, 0.4) is 0 Å². The van der Waals surface area contributed by atoms with Crippen LogP contribution in [0, 0.1) is 11.6 Å². The van der Waals surface area contributed by atoms with Crippen LogP contribution in [0.5, 0.6) is 0 Å². The zero-order chi connectivity index (χ0) is 15.4. The Kier molecular flexibility index (Phi) is 4.39. The van der Waals surface area contributed by atoms with Crippen LogP contribution in [0.25, 0.3) is 10.9 Å². The van der Waals surface area contributed by atoms with Crippen molar-refractivity contribution in [3.8, 4) is 0 Å². The zero-order valence-electron chi connectivity index (χ0n) is 12.0. The number of aryl methyl sites for hydroxylation is 1. The Hall–Kier alpha value is -2.34. The van der Waals surface area contributed by atoms with Crippen LogP contribution in [0.1, 0.15) is 12.1 Å². The van der Waals surface area contributed by atoms with E-state index in [1.165, 1.54) is 6.07 Å². The summed E-state index contributed by atoms with van der Waals surface area (Å²) < 4.78 is 28.8. The van der Waals surface area contributed by atoms with Gasteiger partial charge < -0.3 is 5.32 Å². The maximum atomic E-state index is 13.7. The summed E-state index contributed by atoms with van der Waals surface area (Å²) in [6.45, 7) is 2.15. The van der Waals surface area contributed by atoms with Crippen molar-refractivity contribution >= 4 is 10.9 Å². The van der Waals surface area contributed by atoms with E-state index in [4.69, 9.17) is 0 Å². The molecule has 6 heteroatoms. The number of fused-ring (bicyclic) bond motifs is 1. The van der Waals surface area contributed by atoms with Gasteiger partial charge in [-0.3, -0.25) is 4.68 Å². The van der Waals surface area contributed by atoms with Gasteiger partial charge in [-0.15, -0.1) is 0 Å². The third-order valence-corrected chi connectivity index (χ3v) is 3.42. The van der Waals surface area contributed by atoms with Gasteiger partial charge in [0.25, 0.3) is 0 Å². The highest BCUT2D eigenvalue weighted by atomic mass is 19.2. The quantitative estimate of drug-likeness (QED) is 0.712. The van der Waals surface area contributed by atoms with E-state index in [1.807, 2.05) is 23.0 Å². The van der Waals surface area contributed by atoms with Gasteiger partial charge >= 0.3 is 0 Å². The first-order chi connectivity index (χ1) is 10.7. The maximum absolute atomic E-state index is 13.7. The largest absolute Gasteiger partial charge is 0.311 e. The van der Waals surface area contributed by atoms with E-state index in [2.05, 4.69) is 15.4 Å². The second kappa shape index (κ2) is 6.62. The summed E-state index contributed by atoms with van der Waals surface area (Å²) >= 11 is 0. The molecule has 0 bridgehead atoms. The molecule has 0 unspecified atom stereocenters. The molecule has 0 aliphatic rings. The van der Waals surface area contributed by atoms with Crippen LogP contribution in [0.2, 0.25) is 0 Å². The van der Waals surface area contributed by atoms with Crippen molar-refractivity contribution in [1.29, 1.82) is 0 Å². The Bertz CT molecular complexity index is 756. The molecule has 2 heterocycles. The third kappa shape index (κ3) is 3.28. The van der Waals surface area contributed by atoms with Gasteiger partial charge in [0.1, 0.15) is 5.52 Å². The number of benzene rings is 1. The third-order valence-electron chi connectivity index (χ3n) is 3.42. The molecule has 1 aromatic carbocycles. The molecule has 0 aliphatic carbocycles. The van der Waals surface area contributed by atoms with E-state index in [1.54, 1.807) is 12.3 Å². The van der Waals surface area contributed by atoms with Gasteiger partial charge in [0.05, 0.1) is 5.69 Å². The molecule has 4 nitrogen and oxygen atoms in total. The van der Waals surface area contributed by atoms with Crippen LogP contribution in [0.15, 0.2) is 42.7 Å². The van der Waals surface area contributed by atoms with Gasteiger partial charge in [0.2, 0.25) is 0 Å². The van der Waals surface area contributed by atoms with Crippen LogP contribution in [-0.4, -0.2) is 21.3 Å². The van der Waals surface area contributed by atoms with Crippen molar-refractivity contribution in [3.63, 3.8) is 0 Å². The highest BCUT2D eigenvalue weighted by Crippen LogP contribution is 2.18. The smallest absolute Gasteiger partial charge is 0.184 e. The lowest BCUT2D eigenvalue weighted by atomic mass is 10.2. The average Bonchev–Trinajstić information content (AvgIpc) is 3.04. The number of hydrogen-bond donors (Lipinski definition) is 1. The summed E-state index contributed by atoms with van der Waals surface area (Å²) in [6, 6.07) is 8.11. The molecule has 114 valence electrons. The first-order valence-electron chi connectivity index (χ1n) is 7.16. The fraction of sp³-hybridized carbons (Fsp3) is 0.250. The molecule has 22 heavy (non-hydrogen) atoms. The van der Waals surface area contributed by atoms with E-state index in [9.17, 15) is 8.78 Å². The molecule has 3 aromatic rings. The number of nitrogens with one attached hydrogen (secondary N) is 1. The molecular weight excluding hydrogens is 286 g/mol. The fourth-order valence-corrected chi connectivity index (χ4v) is 2.28. The molecular formula is C16H16F2N4. The first-order valence-corrected chi connectivity index (χ1v) is 7.16. The molecule has 0 aliphatic heterocycles. The van der Waals surface area contributed by atoms with Crippen LogP contribution in [-0.2, 0) is 13.1 Å². The number of pyridine rings is 1. The minimum Gasteiger partial charge on any atom is -0.311 e. The average molecular weight is 302 g/mol. The fourth-order valence-electron chi connectivity index (χ4n) is 2.28. The number of aromatic nitrogens is 3. The van der Waals surface area contributed by atoms with Gasteiger partial charge in [-0.2, -0.15) is 5.10 Å². The zero-order valence-corrected chi connectivity index (χ0v) is 12.0. The highest BCUT2D eigenvalue weighted by molar-refractivity contribution is 5.79. The molecule has 0 fully saturated rings. The second-order valence-corrected chi connectivity index (χ2v) is 5.04. The van der Waals surface area contributed by atoms with E-state index in [0.717, 1.165) is 25.6 Å². The summed E-state index contributed by atoms with van der Waals surface area (Å²) in [5.41, 5.74) is 0.770. The molecule has 0 atom stereocenters. The van der Waals surface area contributed by atoms with E-state index >= 15 is 0 Å². The highest BCUT2D eigenvalue weighted by Gasteiger charge is 2.08. The molecule has 2 aromatic heterocycles. The lowest BCUT2D eigenvalue weighted by molar-refractivity contribution is 0.514. The summed E-state index contributed by atoms with van der Waals surface area (Å²) in [7, 11) is 0. The lowest BCUT2D eigenvalue weighted by Crippen LogP contribution is -2.17. The predicted molar refractivity (Wildman–Crippen MR) is 80.2 cm³/mol. The molecule has 0 saturated carbocycles. The molecule has 3 rings (SSSR count). The van der Waals surface area contributed by atoms with E-state index < -0.39 is 11.6 Å². The predicted octanol–water partition coefficient (Wildman–Crippen LogP) is 2.89. The van der Waals surface area contributed by atoms with Crippen molar-refractivity contribution in [3.05, 3.63) is 60.1 Å². The maximum Gasteiger partial charge on any atom is 0.184 e. The van der Waals surface area contributed by atoms with Crippen LogP contribution < -0.4 is 5.32 Å².